The highest BCUT2D eigenvalue weighted by atomic mass is 16.2. The van der Waals surface area contributed by atoms with Crippen molar-refractivity contribution in [2.24, 2.45) is 0 Å². The van der Waals surface area contributed by atoms with Crippen LogP contribution in [0.2, 0.25) is 0 Å². The Kier molecular flexibility index (Phi) is 6.12. The fourth-order valence-corrected chi connectivity index (χ4v) is 3.46. The van der Waals surface area contributed by atoms with Crippen LogP contribution in [0.3, 0.4) is 0 Å². The van der Waals surface area contributed by atoms with Gasteiger partial charge in [-0.3, -0.25) is 14.6 Å². The molecule has 28 heavy (non-hydrogen) atoms. The van der Waals surface area contributed by atoms with Crippen molar-refractivity contribution in [2.45, 2.75) is 64.3 Å². The molecule has 2 aromatic rings. The molecule has 3 rings (SSSR count). The second-order valence-corrected chi connectivity index (χ2v) is 8.55. The molecule has 0 bridgehead atoms. The van der Waals surface area contributed by atoms with Gasteiger partial charge in [0.25, 0.3) is 11.8 Å². The molecule has 0 saturated heterocycles. The number of nitrogens with one attached hydrogen (secondary N) is 2. The first-order chi connectivity index (χ1) is 13.3. The van der Waals surface area contributed by atoms with Gasteiger partial charge >= 0.3 is 0 Å². The molecule has 0 spiro atoms. The van der Waals surface area contributed by atoms with Crippen LogP contribution in [-0.2, 0) is 5.41 Å². The molecule has 1 heterocycles. The van der Waals surface area contributed by atoms with Gasteiger partial charge < -0.3 is 10.6 Å². The highest BCUT2D eigenvalue weighted by Crippen LogP contribution is 2.23. The van der Waals surface area contributed by atoms with Crippen LogP contribution in [0.4, 0.5) is 5.69 Å². The summed E-state index contributed by atoms with van der Waals surface area (Å²) in [6.07, 6.45) is 8.57. The van der Waals surface area contributed by atoms with Crippen LogP contribution in [0.1, 0.15) is 79.2 Å². The number of amides is 2. The number of hydrogen-bond acceptors (Lipinski definition) is 3. The van der Waals surface area contributed by atoms with Crippen molar-refractivity contribution in [3.05, 3.63) is 59.4 Å². The van der Waals surface area contributed by atoms with Crippen LogP contribution >= 0.6 is 0 Å². The van der Waals surface area contributed by atoms with E-state index in [2.05, 4.69) is 36.4 Å². The smallest absolute Gasteiger partial charge is 0.257 e. The Balaban J connectivity index is 1.65. The fourth-order valence-electron chi connectivity index (χ4n) is 3.46. The summed E-state index contributed by atoms with van der Waals surface area (Å²) in [5, 5.41) is 5.93. The molecular weight excluding hydrogens is 350 g/mol. The van der Waals surface area contributed by atoms with Crippen molar-refractivity contribution >= 4 is 17.5 Å². The van der Waals surface area contributed by atoms with E-state index >= 15 is 0 Å². The second kappa shape index (κ2) is 8.55. The van der Waals surface area contributed by atoms with Gasteiger partial charge in [0, 0.05) is 24.1 Å². The minimum absolute atomic E-state index is 0.0620. The number of hydrogen-bond donors (Lipinski definition) is 2. The maximum Gasteiger partial charge on any atom is 0.257 e. The average Bonchev–Trinajstić information content (AvgIpc) is 2.68. The molecule has 2 amide bonds. The maximum atomic E-state index is 12.6. The van der Waals surface area contributed by atoms with Crippen LogP contribution in [-0.4, -0.2) is 22.8 Å². The molecule has 5 heteroatoms. The van der Waals surface area contributed by atoms with E-state index in [4.69, 9.17) is 0 Å². The molecule has 1 aromatic carbocycles. The first kappa shape index (κ1) is 20.1. The van der Waals surface area contributed by atoms with E-state index in [0.29, 0.717) is 11.1 Å². The monoisotopic (exact) mass is 379 g/mol. The van der Waals surface area contributed by atoms with Crippen molar-refractivity contribution < 1.29 is 9.59 Å². The molecule has 5 nitrogen and oxygen atoms in total. The number of carbonyl (C=O) groups is 2. The van der Waals surface area contributed by atoms with Gasteiger partial charge in [0.2, 0.25) is 0 Å². The Morgan fingerprint density at radius 3 is 2.14 bits per heavy atom. The quantitative estimate of drug-likeness (QED) is 0.809. The second-order valence-electron chi connectivity index (χ2n) is 8.55. The number of nitrogens with zero attached hydrogens (tertiary/aromatic N) is 1. The van der Waals surface area contributed by atoms with Crippen LogP contribution in [0.15, 0.2) is 42.7 Å². The van der Waals surface area contributed by atoms with Gasteiger partial charge in [-0.15, -0.1) is 0 Å². The molecule has 2 N–H and O–H groups in total. The molecule has 1 saturated carbocycles. The lowest BCUT2D eigenvalue weighted by molar-refractivity contribution is 0.0927. The number of rotatable bonds is 4. The summed E-state index contributed by atoms with van der Waals surface area (Å²) in [6, 6.07) is 9.64. The highest BCUT2D eigenvalue weighted by molar-refractivity contribution is 6.05. The van der Waals surface area contributed by atoms with Crippen LogP contribution in [0.5, 0.6) is 0 Å². The number of aromatic nitrogens is 1. The lowest BCUT2D eigenvalue weighted by Crippen LogP contribution is -2.36. The van der Waals surface area contributed by atoms with E-state index in [1.165, 1.54) is 24.4 Å². The zero-order valence-corrected chi connectivity index (χ0v) is 16.9. The van der Waals surface area contributed by atoms with Gasteiger partial charge in [-0.2, -0.15) is 0 Å². The van der Waals surface area contributed by atoms with E-state index in [0.717, 1.165) is 31.4 Å². The first-order valence-electron chi connectivity index (χ1n) is 10.0. The summed E-state index contributed by atoms with van der Waals surface area (Å²) in [5.41, 5.74) is 2.77. The highest BCUT2D eigenvalue weighted by Gasteiger charge is 2.18. The number of benzene rings is 1. The Morgan fingerprint density at radius 2 is 1.54 bits per heavy atom. The van der Waals surface area contributed by atoms with Crippen molar-refractivity contribution in [1.82, 2.24) is 10.3 Å². The summed E-state index contributed by atoms with van der Waals surface area (Å²) in [6.45, 7) is 6.45. The molecule has 0 radical (unpaired) electrons. The molecule has 1 aliphatic rings. The summed E-state index contributed by atoms with van der Waals surface area (Å²) < 4.78 is 0. The van der Waals surface area contributed by atoms with E-state index in [1.54, 1.807) is 6.07 Å². The van der Waals surface area contributed by atoms with Gasteiger partial charge in [-0.25, -0.2) is 0 Å². The number of anilines is 1. The molecule has 0 unspecified atom stereocenters. The Morgan fingerprint density at radius 1 is 0.929 bits per heavy atom. The first-order valence-corrected chi connectivity index (χ1v) is 10.0. The summed E-state index contributed by atoms with van der Waals surface area (Å²) in [5.74, 6) is -0.438. The van der Waals surface area contributed by atoms with Crippen LogP contribution in [0.25, 0.3) is 0 Å². The van der Waals surface area contributed by atoms with E-state index in [1.807, 2.05) is 24.3 Å². The summed E-state index contributed by atoms with van der Waals surface area (Å²) in [7, 11) is 0. The Hall–Kier alpha value is -2.69. The normalized spacial score (nSPS) is 15.1. The van der Waals surface area contributed by atoms with Crippen molar-refractivity contribution in [3.8, 4) is 0 Å². The largest absolute Gasteiger partial charge is 0.349 e. The third-order valence-corrected chi connectivity index (χ3v) is 5.21. The number of carbonyl (C=O) groups excluding carboxylic acids is 2. The molecule has 148 valence electrons. The molecule has 0 atom stereocenters. The maximum absolute atomic E-state index is 12.6. The van der Waals surface area contributed by atoms with Gasteiger partial charge in [-0.05, 0) is 42.0 Å². The zero-order chi connectivity index (χ0) is 20.1. The van der Waals surface area contributed by atoms with Crippen LogP contribution < -0.4 is 10.6 Å². The Bertz CT molecular complexity index is 832. The SMILES string of the molecule is CC(C)(C)c1ccc(NC(=O)c2cncc(C(=O)NC3CCCCC3)c2)cc1. The van der Waals surface area contributed by atoms with E-state index in [-0.39, 0.29) is 23.3 Å². The predicted molar refractivity (Wildman–Crippen MR) is 112 cm³/mol. The molecule has 1 aliphatic carbocycles. The van der Waals surface area contributed by atoms with Gasteiger partial charge in [-0.1, -0.05) is 52.2 Å². The van der Waals surface area contributed by atoms with Crippen molar-refractivity contribution in [3.63, 3.8) is 0 Å². The van der Waals surface area contributed by atoms with Gasteiger partial charge in [0.1, 0.15) is 0 Å². The zero-order valence-electron chi connectivity index (χ0n) is 16.9. The third-order valence-electron chi connectivity index (χ3n) is 5.21. The fraction of sp³-hybridized carbons (Fsp3) is 0.435. The summed E-state index contributed by atoms with van der Waals surface area (Å²) >= 11 is 0. The standard InChI is InChI=1S/C23H29N3O2/c1-23(2,3)18-9-11-20(12-10-18)26-22(28)17-13-16(14-24-15-17)21(27)25-19-7-5-4-6-8-19/h9-15,19H,4-8H2,1-3H3,(H,25,27)(H,26,28). The molecule has 1 aromatic heterocycles. The predicted octanol–water partition coefficient (Wildman–Crippen LogP) is 4.69. The minimum atomic E-state index is -0.275. The molecular formula is C23H29N3O2. The topological polar surface area (TPSA) is 71.1 Å². The molecule has 0 aliphatic heterocycles. The third kappa shape index (κ3) is 5.18. The van der Waals surface area contributed by atoms with E-state index in [9.17, 15) is 9.59 Å². The average molecular weight is 380 g/mol. The number of pyridine rings is 1. The van der Waals surface area contributed by atoms with Gasteiger partial charge in [0.15, 0.2) is 0 Å². The lowest BCUT2D eigenvalue weighted by atomic mass is 9.87. The van der Waals surface area contributed by atoms with Crippen molar-refractivity contribution in [2.75, 3.05) is 5.32 Å². The lowest BCUT2D eigenvalue weighted by Gasteiger charge is -2.22. The minimum Gasteiger partial charge on any atom is -0.349 e. The van der Waals surface area contributed by atoms with Crippen LogP contribution in [0, 0.1) is 0 Å². The molecule has 1 fully saturated rings. The van der Waals surface area contributed by atoms with Gasteiger partial charge in [0.05, 0.1) is 11.1 Å². The Labute approximate surface area is 167 Å². The summed E-state index contributed by atoms with van der Waals surface area (Å²) in [4.78, 5) is 29.2. The van der Waals surface area contributed by atoms with E-state index < -0.39 is 0 Å². The van der Waals surface area contributed by atoms with Crippen molar-refractivity contribution in [1.29, 1.82) is 0 Å².